The number of sulfonamides is 1. The van der Waals surface area contributed by atoms with Gasteiger partial charge in [-0.2, -0.15) is 0 Å². The molecule has 0 bridgehead atoms. The zero-order valence-electron chi connectivity index (χ0n) is 10.1. The van der Waals surface area contributed by atoms with Crippen LogP contribution in [0.4, 0.5) is 0 Å². The maximum absolute atomic E-state index is 11.8. The Kier molecular flexibility index (Phi) is 5.17. The first-order chi connectivity index (χ1) is 7.45. The fraction of sp³-hybridized carbons (Fsp3) is 1.00. The summed E-state index contributed by atoms with van der Waals surface area (Å²) in [4.78, 5) is 0. The summed E-state index contributed by atoms with van der Waals surface area (Å²) < 4.78 is 29.9. The van der Waals surface area contributed by atoms with E-state index in [-0.39, 0.29) is 11.8 Å². The van der Waals surface area contributed by atoms with Gasteiger partial charge in [0.2, 0.25) is 10.0 Å². The Labute approximate surface area is 98.0 Å². The highest BCUT2D eigenvalue weighted by Crippen LogP contribution is 2.26. The van der Waals surface area contributed by atoms with Gasteiger partial charge in [-0.1, -0.05) is 0 Å². The number of rotatable bonds is 7. The molecule has 0 saturated heterocycles. The fourth-order valence-corrected chi connectivity index (χ4v) is 3.19. The SMILES string of the molecule is COCCCS(=O)(=O)N(C)CC1CC(N)C1. The minimum atomic E-state index is -3.11. The van der Waals surface area contributed by atoms with Crippen molar-refractivity contribution in [2.75, 3.05) is 33.1 Å². The summed E-state index contributed by atoms with van der Waals surface area (Å²) in [5.41, 5.74) is 5.67. The molecule has 96 valence electrons. The van der Waals surface area contributed by atoms with Gasteiger partial charge in [-0.05, 0) is 25.2 Å². The molecule has 0 aromatic carbocycles. The standard InChI is InChI=1S/C10H22N2O3S/c1-12(8-9-6-10(11)7-9)16(13,14)5-3-4-15-2/h9-10H,3-8,11H2,1-2H3. The maximum Gasteiger partial charge on any atom is 0.213 e. The molecule has 0 aromatic rings. The van der Waals surface area contributed by atoms with Gasteiger partial charge in [0.15, 0.2) is 0 Å². The summed E-state index contributed by atoms with van der Waals surface area (Å²) in [6.07, 6.45) is 2.43. The summed E-state index contributed by atoms with van der Waals surface area (Å²) in [5, 5.41) is 0. The van der Waals surface area contributed by atoms with Gasteiger partial charge in [0.1, 0.15) is 0 Å². The van der Waals surface area contributed by atoms with E-state index in [9.17, 15) is 8.42 Å². The summed E-state index contributed by atoms with van der Waals surface area (Å²) >= 11 is 0. The van der Waals surface area contributed by atoms with Crippen LogP contribution in [0.25, 0.3) is 0 Å². The second-order valence-corrected chi connectivity index (χ2v) is 6.74. The molecule has 0 aromatic heterocycles. The van der Waals surface area contributed by atoms with Crippen LogP contribution in [0.2, 0.25) is 0 Å². The maximum atomic E-state index is 11.8. The predicted molar refractivity (Wildman–Crippen MR) is 63.6 cm³/mol. The molecule has 6 heteroatoms. The van der Waals surface area contributed by atoms with Crippen LogP contribution in [-0.2, 0) is 14.8 Å². The molecule has 0 spiro atoms. The Balaban J connectivity index is 2.30. The molecular weight excluding hydrogens is 228 g/mol. The molecule has 0 unspecified atom stereocenters. The van der Waals surface area contributed by atoms with Crippen molar-refractivity contribution in [2.45, 2.75) is 25.3 Å². The highest BCUT2D eigenvalue weighted by molar-refractivity contribution is 7.89. The van der Waals surface area contributed by atoms with Gasteiger partial charge in [0.25, 0.3) is 0 Å². The van der Waals surface area contributed by atoms with Crippen molar-refractivity contribution in [3.63, 3.8) is 0 Å². The molecule has 0 radical (unpaired) electrons. The second kappa shape index (κ2) is 5.95. The lowest BCUT2D eigenvalue weighted by molar-refractivity contribution is 0.198. The van der Waals surface area contributed by atoms with Crippen LogP contribution >= 0.6 is 0 Å². The largest absolute Gasteiger partial charge is 0.385 e. The van der Waals surface area contributed by atoms with Gasteiger partial charge in [0.05, 0.1) is 5.75 Å². The van der Waals surface area contributed by atoms with E-state index < -0.39 is 10.0 Å². The molecule has 1 rings (SSSR count). The van der Waals surface area contributed by atoms with Crippen molar-refractivity contribution >= 4 is 10.0 Å². The lowest BCUT2D eigenvalue weighted by atomic mass is 9.81. The lowest BCUT2D eigenvalue weighted by Crippen LogP contribution is -2.43. The Morgan fingerprint density at radius 3 is 2.56 bits per heavy atom. The van der Waals surface area contributed by atoms with Crippen molar-refractivity contribution in [3.8, 4) is 0 Å². The van der Waals surface area contributed by atoms with E-state index in [0.717, 1.165) is 12.8 Å². The Morgan fingerprint density at radius 1 is 1.44 bits per heavy atom. The van der Waals surface area contributed by atoms with E-state index in [2.05, 4.69) is 0 Å². The molecule has 0 atom stereocenters. The molecule has 1 saturated carbocycles. The molecule has 1 fully saturated rings. The Bertz CT molecular complexity index is 299. The number of hydrogen-bond acceptors (Lipinski definition) is 4. The van der Waals surface area contributed by atoms with Crippen molar-refractivity contribution < 1.29 is 13.2 Å². The molecule has 5 nitrogen and oxygen atoms in total. The molecular formula is C10H22N2O3S. The van der Waals surface area contributed by atoms with Crippen molar-refractivity contribution in [3.05, 3.63) is 0 Å². The average Bonchev–Trinajstić information content (AvgIpc) is 2.15. The molecule has 0 aliphatic heterocycles. The van der Waals surface area contributed by atoms with Crippen molar-refractivity contribution in [1.29, 1.82) is 0 Å². The summed E-state index contributed by atoms with van der Waals surface area (Å²) in [6.45, 7) is 1.09. The highest BCUT2D eigenvalue weighted by atomic mass is 32.2. The number of methoxy groups -OCH3 is 1. The smallest absolute Gasteiger partial charge is 0.213 e. The number of nitrogens with zero attached hydrogens (tertiary/aromatic N) is 1. The van der Waals surface area contributed by atoms with E-state index in [1.165, 1.54) is 4.31 Å². The van der Waals surface area contributed by atoms with Gasteiger partial charge in [-0.25, -0.2) is 12.7 Å². The van der Waals surface area contributed by atoms with Crippen LogP contribution in [0.1, 0.15) is 19.3 Å². The van der Waals surface area contributed by atoms with Crippen molar-refractivity contribution in [2.24, 2.45) is 11.7 Å². The van der Waals surface area contributed by atoms with Crippen LogP contribution in [0, 0.1) is 5.92 Å². The summed E-state index contributed by atoms with van der Waals surface area (Å²) in [5.74, 6) is 0.605. The number of ether oxygens (including phenoxy) is 1. The molecule has 0 heterocycles. The van der Waals surface area contributed by atoms with Gasteiger partial charge in [-0.3, -0.25) is 0 Å². The lowest BCUT2D eigenvalue weighted by Gasteiger charge is -2.34. The van der Waals surface area contributed by atoms with Gasteiger partial charge in [-0.15, -0.1) is 0 Å². The molecule has 0 amide bonds. The third kappa shape index (κ3) is 4.01. The van der Waals surface area contributed by atoms with E-state index in [4.69, 9.17) is 10.5 Å². The van der Waals surface area contributed by atoms with E-state index in [0.29, 0.717) is 25.5 Å². The fourth-order valence-electron chi connectivity index (χ4n) is 1.96. The van der Waals surface area contributed by atoms with Crippen LogP contribution in [0.3, 0.4) is 0 Å². The quantitative estimate of drug-likeness (QED) is 0.647. The summed E-state index contributed by atoms with van der Waals surface area (Å²) in [6, 6.07) is 0.273. The molecule has 2 N–H and O–H groups in total. The topological polar surface area (TPSA) is 72.6 Å². The van der Waals surface area contributed by atoms with E-state index in [1.54, 1.807) is 14.2 Å². The average molecular weight is 250 g/mol. The zero-order valence-corrected chi connectivity index (χ0v) is 10.9. The monoisotopic (exact) mass is 250 g/mol. The zero-order chi connectivity index (χ0) is 12.2. The van der Waals surface area contributed by atoms with Gasteiger partial charge >= 0.3 is 0 Å². The van der Waals surface area contributed by atoms with Crippen LogP contribution < -0.4 is 5.73 Å². The molecule has 16 heavy (non-hydrogen) atoms. The normalized spacial score (nSPS) is 25.8. The van der Waals surface area contributed by atoms with Crippen LogP contribution in [0.15, 0.2) is 0 Å². The molecule has 1 aliphatic carbocycles. The third-order valence-electron chi connectivity index (χ3n) is 3.01. The number of nitrogens with two attached hydrogens (primary N) is 1. The van der Waals surface area contributed by atoms with Crippen molar-refractivity contribution in [1.82, 2.24) is 4.31 Å². The molecule has 1 aliphatic rings. The Hall–Kier alpha value is -0.170. The van der Waals surface area contributed by atoms with E-state index in [1.807, 2.05) is 0 Å². The Morgan fingerprint density at radius 2 is 2.06 bits per heavy atom. The van der Waals surface area contributed by atoms with Crippen LogP contribution in [0.5, 0.6) is 0 Å². The van der Waals surface area contributed by atoms with E-state index >= 15 is 0 Å². The first kappa shape index (κ1) is 13.9. The summed E-state index contributed by atoms with van der Waals surface area (Å²) in [7, 11) is 0.112. The predicted octanol–water partition coefficient (Wildman–Crippen LogP) is 0.0218. The minimum absolute atomic E-state index is 0.163. The highest BCUT2D eigenvalue weighted by Gasteiger charge is 2.29. The van der Waals surface area contributed by atoms with Gasteiger partial charge < -0.3 is 10.5 Å². The number of hydrogen-bond donors (Lipinski definition) is 1. The second-order valence-electron chi connectivity index (χ2n) is 4.54. The van der Waals surface area contributed by atoms with Crippen LogP contribution in [-0.4, -0.2) is 51.8 Å². The minimum Gasteiger partial charge on any atom is -0.385 e. The first-order valence-electron chi connectivity index (χ1n) is 5.64. The van der Waals surface area contributed by atoms with Gasteiger partial charge in [0, 0.05) is 33.4 Å². The first-order valence-corrected chi connectivity index (χ1v) is 7.25. The third-order valence-corrected chi connectivity index (χ3v) is 4.92.